The van der Waals surface area contributed by atoms with Crippen molar-refractivity contribution in [3.63, 3.8) is 0 Å². The maximum Gasteiger partial charge on any atom is 0.0637 e. The van der Waals surface area contributed by atoms with Gasteiger partial charge in [-0.25, -0.2) is 0 Å². The maximum absolute atomic E-state index is 5.43. The van der Waals surface area contributed by atoms with Crippen LogP contribution in [0.4, 0.5) is 0 Å². The van der Waals surface area contributed by atoms with Gasteiger partial charge in [0.15, 0.2) is 0 Å². The van der Waals surface area contributed by atoms with Gasteiger partial charge in [0.1, 0.15) is 0 Å². The fourth-order valence-corrected chi connectivity index (χ4v) is 2.39. The zero-order chi connectivity index (χ0) is 11.9. The summed E-state index contributed by atoms with van der Waals surface area (Å²) in [6.07, 6.45) is 1.05. The van der Waals surface area contributed by atoms with Crippen molar-refractivity contribution in [1.29, 1.82) is 0 Å². The minimum Gasteiger partial charge on any atom is -0.379 e. The molecule has 0 aliphatic rings. The Morgan fingerprint density at radius 2 is 1.87 bits per heavy atom. The van der Waals surface area contributed by atoms with E-state index >= 15 is 0 Å². The van der Waals surface area contributed by atoms with Gasteiger partial charge in [0.25, 0.3) is 0 Å². The molecule has 2 atom stereocenters. The van der Waals surface area contributed by atoms with Crippen LogP contribution in [-0.4, -0.2) is 36.3 Å². The van der Waals surface area contributed by atoms with Crippen LogP contribution in [0, 0.1) is 0 Å². The van der Waals surface area contributed by atoms with Gasteiger partial charge in [0.2, 0.25) is 0 Å². The van der Waals surface area contributed by atoms with E-state index in [0.29, 0.717) is 12.1 Å². The lowest BCUT2D eigenvalue weighted by Gasteiger charge is -2.29. The quantitative estimate of drug-likeness (QED) is 0.696. The largest absolute Gasteiger partial charge is 0.379 e. The highest BCUT2D eigenvalue weighted by atomic mass is 32.2. The van der Waals surface area contributed by atoms with E-state index in [-0.39, 0.29) is 5.60 Å². The average molecular weight is 233 g/mol. The summed E-state index contributed by atoms with van der Waals surface area (Å²) in [5, 5.41) is 3.60. The van der Waals surface area contributed by atoms with Crippen molar-refractivity contribution in [2.75, 3.05) is 18.6 Å². The summed E-state index contributed by atoms with van der Waals surface area (Å²) in [4.78, 5) is 0. The molecule has 2 nitrogen and oxygen atoms in total. The van der Waals surface area contributed by atoms with E-state index in [4.69, 9.17) is 4.74 Å². The van der Waals surface area contributed by atoms with Crippen LogP contribution in [0.2, 0.25) is 0 Å². The molecular formula is C12H27NOS. The van der Waals surface area contributed by atoms with Gasteiger partial charge in [0.05, 0.1) is 5.60 Å². The number of hydrogen-bond donors (Lipinski definition) is 1. The van der Waals surface area contributed by atoms with Gasteiger partial charge in [-0.05, 0) is 39.9 Å². The van der Waals surface area contributed by atoms with Crippen LogP contribution < -0.4 is 5.32 Å². The van der Waals surface area contributed by atoms with Crippen LogP contribution in [-0.2, 0) is 4.74 Å². The second kappa shape index (κ2) is 7.53. The minimum atomic E-state index is -0.0238. The Bertz CT molecular complexity index is 162. The lowest BCUT2D eigenvalue weighted by Crippen LogP contribution is -2.41. The molecule has 3 heteroatoms. The number of ether oxygens (including phenoxy) is 1. The smallest absolute Gasteiger partial charge is 0.0637 e. The second-order valence-corrected chi connectivity index (χ2v) is 6.12. The third-order valence-corrected chi connectivity index (χ3v) is 3.64. The lowest BCUT2D eigenvalue weighted by atomic mass is 9.99. The van der Waals surface area contributed by atoms with Gasteiger partial charge < -0.3 is 10.1 Å². The Morgan fingerprint density at radius 1 is 1.27 bits per heavy atom. The number of thioether (sulfide) groups is 1. The lowest BCUT2D eigenvalue weighted by molar-refractivity contribution is 0.00805. The normalized spacial score (nSPS) is 16.4. The second-order valence-electron chi connectivity index (χ2n) is 4.80. The number of nitrogens with one attached hydrogen (secondary N) is 1. The molecule has 0 spiro atoms. The standard InChI is InChI=1S/C12H27NOS/c1-7-15-9-11(3)13-10(2)8-12(4,5)14-6/h10-11,13H,7-9H2,1-6H3. The summed E-state index contributed by atoms with van der Waals surface area (Å²) in [5.74, 6) is 2.39. The molecule has 0 heterocycles. The van der Waals surface area contributed by atoms with Crippen LogP contribution in [0.1, 0.15) is 41.0 Å². The summed E-state index contributed by atoms with van der Waals surface area (Å²) >= 11 is 1.99. The van der Waals surface area contributed by atoms with Crippen molar-refractivity contribution in [3.8, 4) is 0 Å². The molecule has 0 saturated heterocycles. The first-order valence-corrected chi connectivity index (χ1v) is 6.95. The molecule has 0 fully saturated rings. The fraction of sp³-hybridized carbons (Fsp3) is 1.00. The molecule has 92 valence electrons. The Labute approximate surface area is 99.5 Å². The molecule has 0 aliphatic carbocycles. The Hall–Kier alpha value is 0.270. The van der Waals surface area contributed by atoms with Gasteiger partial charge in [0, 0.05) is 24.9 Å². The van der Waals surface area contributed by atoms with Gasteiger partial charge in [-0.15, -0.1) is 0 Å². The van der Waals surface area contributed by atoms with E-state index in [1.165, 1.54) is 11.5 Å². The average Bonchev–Trinajstić information content (AvgIpc) is 2.13. The first-order chi connectivity index (χ1) is 6.91. The van der Waals surface area contributed by atoms with E-state index < -0.39 is 0 Å². The van der Waals surface area contributed by atoms with Gasteiger partial charge in [-0.3, -0.25) is 0 Å². The van der Waals surface area contributed by atoms with Crippen LogP contribution in [0.15, 0.2) is 0 Å². The van der Waals surface area contributed by atoms with Gasteiger partial charge in [-0.1, -0.05) is 6.92 Å². The number of rotatable bonds is 8. The van der Waals surface area contributed by atoms with E-state index in [2.05, 4.69) is 39.9 Å². The first-order valence-electron chi connectivity index (χ1n) is 5.80. The fourth-order valence-electron chi connectivity index (χ4n) is 1.71. The highest BCUT2D eigenvalue weighted by Crippen LogP contribution is 2.16. The third-order valence-electron chi connectivity index (χ3n) is 2.49. The molecule has 1 N–H and O–H groups in total. The third kappa shape index (κ3) is 8.12. The highest BCUT2D eigenvalue weighted by Gasteiger charge is 2.20. The Morgan fingerprint density at radius 3 is 2.33 bits per heavy atom. The summed E-state index contributed by atoms with van der Waals surface area (Å²) in [7, 11) is 1.78. The molecule has 2 unspecified atom stereocenters. The Kier molecular flexibility index (Phi) is 7.66. The predicted octanol–water partition coefficient (Wildman–Crippen LogP) is 2.92. The first kappa shape index (κ1) is 15.3. The molecule has 0 rings (SSSR count). The molecule has 0 aliphatic heterocycles. The van der Waals surface area contributed by atoms with Crippen molar-refractivity contribution in [2.45, 2.75) is 58.7 Å². The summed E-state index contributed by atoms with van der Waals surface area (Å²) in [6.45, 7) is 11.0. The van der Waals surface area contributed by atoms with Crippen molar-refractivity contribution in [2.24, 2.45) is 0 Å². The molecule has 0 amide bonds. The zero-order valence-electron chi connectivity index (χ0n) is 11.1. The molecule has 0 aromatic carbocycles. The maximum atomic E-state index is 5.43. The SMILES string of the molecule is CCSCC(C)NC(C)CC(C)(C)OC. The molecule has 15 heavy (non-hydrogen) atoms. The minimum absolute atomic E-state index is 0.0238. The van der Waals surface area contributed by atoms with Crippen LogP contribution in [0.5, 0.6) is 0 Å². The predicted molar refractivity (Wildman–Crippen MR) is 70.8 cm³/mol. The van der Waals surface area contributed by atoms with E-state index in [0.717, 1.165) is 6.42 Å². The van der Waals surface area contributed by atoms with E-state index in [1.807, 2.05) is 11.8 Å². The van der Waals surface area contributed by atoms with Crippen molar-refractivity contribution < 1.29 is 4.74 Å². The zero-order valence-corrected chi connectivity index (χ0v) is 11.9. The molecule has 0 saturated carbocycles. The number of methoxy groups -OCH3 is 1. The van der Waals surface area contributed by atoms with Crippen LogP contribution in [0.25, 0.3) is 0 Å². The highest BCUT2D eigenvalue weighted by molar-refractivity contribution is 7.99. The van der Waals surface area contributed by atoms with Crippen LogP contribution in [0.3, 0.4) is 0 Å². The van der Waals surface area contributed by atoms with Crippen molar-refractivity contribution in [1.82, 2.24) is 5.32 Å². The molecular weight excluding hydrogens is 206 g/mol. The van der Waals surface area contributed by atoms with Crippen molar-refractivity contribution >= 4 is 11.8 Å². The Balaban J connectivity index is 3.77. The summed E-state index contributed by atoms with van der Waals surface area (Å²) in [6, 6.07) is 1.09. The van der Waals surface area contributed by atoms with E-state index in [9.17, 15) is 0 Å². The molecule has 0 radical (unpaired) electrons. The van der Waals surface area contributed by atoms with E-state index in [1.54, 1.807) is 7.11 Å². The van der Waals surface area contributed by atoms with Gasteiger partial charge >= 0.3 is 0 Å². The topological polar surface area (TPSA) is 21.3 Å². The van der Waals surface area contributed by atoms with Crippen LogP contribution >= 0.6 is 11.8 Å². The monoisotopic (exact) mass is 233 g/mol. The number of hydrogen-bond acceptors (Lipinski definition) is 3. The van der Waals surface area contributed by atoms with Gasteiger partial charge in [-0.2, -0.15) is 11.8 Å². The van der Waals surface area contributed by atoms with Crippen molar-refractivity contribution in [3.05, 3.63) is 0 Å². The summed E-state index contributed by atoms with van der Waals surface area (Å²) in [5.41, 5.74) is -0.0238. The molecule has 0 bridgehead atoms. The molecule has 0 aromatic rings. The molecule has 0 aromatic heterocycles. The summed E-state index contributed by atoms with van der Waals surface area (Å²) < 4.78 is 5.43.